The van der Waals surface area contributed by atoms with E-state index in [0.717, 1.165) is 16.8 Å². The zero-order valence-corrected chi connectivity index (χ0v) is 13.9. The van der Waals surface area contributed by atoms with Gasteiger partial charge in [-0.1, -0.05) is 0 Å². The van der Waals surface area contributed by atoms with E-state index in [1.807, 2.05) is 19.9 Å². The lowest BCUT2D eigenvalue weighted by molar-refractivity contribution is -0.00710. The van der Waals surface area contributed by atoms with E-state index in [-0.39, 0.29) is 18.1 Å². The standard InChI is InChI=1S/C17H19N5O2/c1-10-4-14-15(11(2)24-10)21-22(3)16(14)17(23)20-9-13-5-12(6-18)7-19-8-13/h5,7-8,10-11H,4,9H2,1-3H3,(H,20,23)/t10-,11+/m1/s1. The first-order valence-electron chi connectivity index (χ1n) is 7.83. The van der Waals surface area contributed by atoms with Gasteiger partial charge in [0, 0.05) is 38.0 Å². The van der Waals surface area contributed by atoms with Gasteiger partial charge in [0.05, 0.1) is 23.5 Å². The van der Waals surface area contributed by atoms with Crippen LogP contribution in [0.5, 0.6) is 0 Å². The number of nitrogens with one attached hydrogen (secondary N) is 1. The number of nitrogens with zero attached hydrogens (tertiary/aromatic N) is 4. The third kappa shape index (κ3) is 3.01. The van der Waals surface area contributed by atoms with Gasteiger partial charge in [0.2, 0.25) is 0 Å². The molecule has 24 heavy (non-hydrogen) atoms. The van der Waals surface area contributed by atoms with Crippen LogP contribution in [0.25, 0.3) is 0 Å². The average molecular weight is 325 g/mol. The zero-order chi connectivity index (χ0) is 17.3. The molecule has 3 rings (SSSR count). The molecule has 0 radical (unpaired) electrons. The second-order valence-electron chi connectivity index (χ2n) is 6.01. The summed E-state index contributed by atoms with van der Waals surface area (Å²) in [6, 6.07) is 3.75. The van der Waals surface area contributed by atoms with Crippen LogP contribution in [0.1, 0.15) is 52.8 Å². The van der Waals surface area contributed by atoms with E-state index >= 15 is 0 Å². The molecule has 0 saturated heterocycles. The summed E-state index contributed by atoms with van der Waals surface area (Å²) < 4.78 is 7.38. The van der Waals surface area contributed by atoms with Gasteiger partial charge in [0.15, 0.2) is 0 Å². The van der Waals surface area contributed by atoms with Crippen molar-refractivity contribution in [2.75, 3.05) is 0 Å². The van der Waals surface area contributed by atoms with Gasteiger partial charge in [0.25, 0.3) is 5.91 Å². The number of carbonyl (C=O) groups is 1. The molecule has 2 aromatic rings. The van der Waals surface area contributed by atoms with E-state index in [2.05, 4.69) is 15.4 Å². The Balaban J connectivity index is 1.80. The normalized spacial score (nSPS) is 19.4. The van der Waals surface area contributed by atoms with Gasteiger partial charge in [-0.3, -0.25) is 14.5 Å². The molecule has 0 aliphatic carbocycles. The van der Waals surface area contributed by atoms with E-state index in [9.17, 15) is 4.79 Å². The van der Waals surface area contributed by atoms with Crippen LogP contribution >= 0.6 is 0 Å². The van der Waals surface area contributed by atoms with Crippen molar-refractivity contribution < 1.29 is 9.53 Å². The van der Waals surface area contributed by atoms with Crippen LogP contribution in [0.15, 0.2) is 18.5 Å². The molecule has 0 spiro atoms. The summed E-state index contributed by atoms with van der Waals surface area (Å²) in [4.78, 5) is 16.6. The summed E-state index contributed by atoms with van der Waals surface area (Å²) >= 11 is 0. The van der Waals surface area contributed by atoms with E-state index in [1.165, 1.54) is 6.20 Å². The minimum absolute atomic E-state index is 0.0553. The predicted octanol–water partition coefficient (Wildman–Crippen LogP) is 1.64. The van der Waals surface area contributed by atoms with Gasteiger partial charge in [-0.15, -0.1) is 0 Å². The lowest BCUT2D eigenvalue weighted by atomic mass is 9.99. The molecule has 3 heterocycles. The number of hydrogen-bond acceptors (Lipinski definition) is 5. The quantitative estimate of drug-likeness (QED) is 0.926. The smallest absolute Gasteiger partial charge is 0.270 e. The summed E-state index contributed by atoms with van der Waals surface area (Å²) in [5, 5.41) is 16.2. The van der Waals surface area contributed by atoms with Crippen molar-refractivity contribution in [3.8, 4) is 6.07 Å². The number of ether oxygens (including phenoxy) is 1. The monoisotopic (exact) mass is 325 g/mol. The number of fused-ring (bicyclic) bond motifs is 1. The maximum absolute atomic E-state index is 12.6. The van der Waals surface area contributed by atoms with Crippen molar-refractivity contribution in [3.63, 3.8) is 0 Å². The number of amides is 1. The predicted molar refractivity (Wildman–Crippen MR) is 86.0 cm³/mol. The zero-order valence-electron chi connectivity index (χ0n) is 13.9. The first-order valence-corrected chi connectivity index (χ1v) is 7.83. The molecule has 2 atom stereocenters. The highest BCUT2D eigenvalue weighted by Crippen LogP contribution is 2.31. The molecule has 0 unspecified atom stereocenters. The van der Waals surface area contributed by atoms with Crippen LogP contribution in [0.2, 0.25) is 0 Å². The molecular formula is C17H19N5O2. The van der Waals surface area contributed by atoms with Crippen molar-refractivity contribution in [3.05, 3.63) is 46.5 Å². The molecule has 1 aliphatic heterocycles. The fourth-order valence-corrected chi connectivity index (χ4v) is 3.06. The molecule has 1 N–H and O–H groups in total. The lowest BCUT2D eigenvalue weighted by Crippen LogP contribution is -2.28. The highest BCUT2D eigenvalue weighted by molar-refractivity contribution is 5.94. The Kier molecular flexibility index (Phi) is 4.32. The SMILES string of the molecule is C[C@@H]1Cc2c(nn(C)c2C(=O)NCc2cncc(C#N)c2)[C@H](C)O1. The van der Waals surface area contributed by atoms with Crippen LogP contribution in [0.3, 0.4) is 0 Å². The third-order valence-electron chi connectivity index (χ3n) is 4.08. The third-order valence-corrected chi connectivity index (χ3v) is 4.08. The minimum atomic E-state index is -0.185. The molecule has 124 valence electrons. The summed E-state index contributed by atoms with van der Waals surface area (Å²) in [6.07, 6.45) is 3.73. The van der Waals surface area contributed by atoms with Gasteiger partial charge in [-0.25, -0.2) is 0 Å². The number of hydrogen-bond donors (Lipinski definition) is 1. The molecule has 7 nitrogen and oxygen atoms in total. The van der Waals surface area contributed by atoms with Crippen molar-refractivity contribution in [1.29, 1.82) is 5.26 Å². The Hall–Kier alpha value is -2.72. The molecule has 1 amide bonds. The first kappa shape index (κ1) is 16.1. The Morgan fingerprint density at radius 3 is 3.04 bits per heavy atom. The fourth-order valence-electron chi connectivity index (χ4n) is 3.06. The molecule has 7 heteroatoms. The Labute approximate surface area is 140 Å². The second kappa shape index (κ2) is 6.42. The summed E-state index contributed by atoms with van der Waals surface area (Å²) in [5.41, 5.74) is 3.60. The topological polar surface area (TPSA) is 92.8 Å². The average Bonchev–Trinajstić information content (AvgIpc) is 2.89. The lowest BCUT2D eigenvalue weighted by Gasteiger charge is -2.24. The molecular weight excluding hydrogens is 306 g/mol. The Bertz CT molecular complexity index is 821. The number of aryl methyl sites for hydroxylation is 1. The van der Waals surface area contributed by atoms with Crippen LogP contribution in [0.4, 0.5) is 0 Å². The fraction of sp³-hybridized carbons (Fsp3) is 0.412. The van der Waals surface area contributed by atoms with Crippen LogP contribution in [-0.4, -0.2) is 26.8 Å². The highest BCUT2D eigenvalue weighted by Gasteiger charge is 2.31. The van der Waals surface area contributed by atoms with E-state index in [1.54, 1.807) is 24.0 Å². The van der Waals surface area contributed by atoms with Gasteiger partial charge in [-0.05, 0) is 25.5 Å². The Morgan fingerprint density at radius 2 is 2.29 bits per heavy atom. The van der Waals surface area contributed by atoms with Crippen LogP contribution in [0, 0.1) is 11.3 Å². The van der Waals surface area contributed by atoms with Crippen molar-refractivity contribution in [1.82, 2.24) is 20.1 Å². The van der Waals surface area contributed by atoms with E-state index in [4.69, 9.17) is 10.00 Å². The maximum Gasteiger partial charge on any atom is 0.270 e. The number of nitriles is 1. The number of aromatic nitrogens is 3. The number of rotatable bonds is 3. The minimum Gasteiger partial charge on any atom is -0.369 e. The Morgan fingerprint density at radius 1 is 1.50 bits per heavy atom. The molecule has 1 aliphatic rings. The van der Waals surface area contributed by atoms with Gasteiger partial charge in [-0.2, -0.15) is 10.4 Å². The van der Waals surface area contributed by atoms with Gasteiger partial charge in [0.1, 0.15) is 11.8 Å². The van der Waals surface area contributed by atoms with Gasteiger partial charge < -0.3 is 10.1 Å². The van der Waals surface area contributed by atoms with Crippen LogP contribution < -0.4 is 5.32 Å². The first-order chi connectivity index (χ1) is 11.5. The summed E-state index contributed by atoms with van der Waals surface area (Å²) in [7, 11) is 1.77. The van der Waals surface area contributed by atoms with Crippen molar-refractivity contribution in [2.45, 2.75) is 39.0 Å². The molecule has 0 aromatic carbocycles. The number of carbonyl (C=O) groups excluding carboxylic acids is 1. The van der Waals surface area contributed by atoms with Crippen molar-refractivity contribution >= 4 is 5.91 Å². The molecule has 0 saturated carbocycles. The van der Waals surface area contributed by atoms with Crippen LogP contribution in [-0.2, 0) is 24.8 Å². The largest absolute Gasteiger partial charge is 0.369 e. The molecule has 0 fully saturated rings. The second-order valence-corrected chi connectivity index (χ2v) is 6.01. The van der Waals surface area contributed by atoms with E-state index in [0.29, 0.717) is 24.2 Å². The molecule has 2 aromatic heterocycles. The summed E-state index contributed by atoms with van der Waals surface area (Å²) in [6.45, 7) is 4.25. The van der Waals surface area contributed by atoms with Gasteiger partial charge >= 0.3 is 0 Å². The summed E-state index contributed by atoms with van der Waals surface area (Å²) in [5.74, 6) is -0.185. The highest BCUT2D eigenvalue weighted by atomic mass is 16.5. The number of pyridine rings is 1. The maximum atomic E-state index is 12.6. The molecule has 0 bridgehead atoms. The van der Waals surface area contributed by atoms with Crippen molar-refractivity contribution in [2.24, 2.45) is 7.05 Å². The van der Waals surface area contributed by atoms with E-state index < -0.39 is 0 Å².